The summed E-state index contributed by atoms with van der Waals surface area (Å²) < 4.78 is 32.7. The lowest BCUT2D eigenvalue weighted by atomic mass is 10.0. The highest BCUT2D eigenvalue weighted by Crippen LogP contribution is 2.27. The van der Waals surface area contributed by atoms with E-state index >= 15 is 0 Å². The van der Waals surface area contributed by atoms with Crippen LogP contribution < -0.4 is 15.4 Å². The molecule has 0 bridgehead atoms. The van der Waals surface area contributed by atoms with Crippen LogP contribution in [0.3, 0.4) is 0 Å². The van der Waals surface area contributed by atoms with Crippen LogP contribution >= 0.6 is 0 Å². The summed E-state index contributed by atoms with van der Waals surface area (Å²) in [6, 6.07) is 9.39. The summed E-state index contributed by atoms with van der Waals surface area (Å²) in [5, 5.41) is 25.8. The molecular weight excluding hydrogens is 584 g/mol. The number of phenols is 1. The molecule has 3 rings (SSSR count). The molecule has 0 saturated carbocycles. The highest BCUT2D eigenvalue weighted by atomic mass is 32.2. The topological polar surface area (TPSA) is 220 Å². The summed E-state index contributed by atoms with van der Waals surface area (Å²) >= 11 is 0. The molecule has 16 heteroatoms. The first-order chi connectivity index (χ1) is 20.3. The summed E-state index contributed by atoms with van der Waals surface area (Å²) in [7, 11) is -3.99. The second-order valence-electron chi connectivity index (χ2n) is 9.31. The molecule has 3 aromatic rings. The number of rotatable bonds is 13. The van der Waals surface area contributed by atoms with Crippen molar-refractivity contribution in [1.29, 1.82) is 0 Å². The number of phenolic OH excluding ortho intramolecular Hbond substituents is 1. The number of carbonyl (C=O) groups excluding carboxylic acids is 3. The van der Waals surface area contributed by atoms with Gasteiger partial charge in [0.15, 0.2) is 5.75 Å². The van der Waals surface area contributed by atoms with E-state index in [-0.39, 0.29) is 42.4 Å². The molecule has 0 aliphatic heterocycles. The van der Waals surface area contributed by atoms with E-state index in [4.69, 9.17) is 4.74 Å². The molecule has 0 spiro atoms. The number of nitro groups is 1. The SMILES string of the molecule is CCOC(=O)[C@H](Cc1ccc(O)c([N+](=O)[O-])c1)NC(=O)CCC(=O)Nc1ccc(S(=O)(=O)Nc2nc(C)cc(C)n2)cc1. The van der Waals surface area contributed by atoms with Crippen LogP contribution in [0, 0.1) is 24.0 Å². The Balaban J connectivity index is 1.57. The lowest BCUT2D eigenvalue weighted by Gasteiger charge is -2.17. The highest BCUT2D eigenvalue weighted by molar-refractivity contribution is 7.92. The van der Waals surface area contributed by atoms with Gasteiger partial charge in [0.25, 0.3) is 10.0 Å². The van der Waals surface area contributed by atoms with Gasteiger partial charge in [-0.2, -0.15) is 0 Å². The molecule has 228 valence electrons. The van der Waals surface area contributed by atoms with Crippen molar-refractivity contribution in [3.63, 3.8) is 0 Å². The standard InChI is InChI=1S/C27H30N6O9S/c1-4-42-26(37)21(14-18-5-10-23(34)22(15-18)33(38)39)31-25(36)12-11-24(35)30-19-6-8-20(9-7-19)43(40,41)32-27-28-16(2)13-17(3)29-27/h5-10,13,15,21,34H,4,11-12,14H2,1-3H3,(H,30,35)(H,31,36)(H,28,29,32)/t21-/m0/s1. The maximum absolute atomic E-state index is 12.7. The maximum atomic E-state index is 12.7. The fraction of sp³-hybridized carbons (Fsp3) is 0.296. The van der Waals surface area contributed by atoms with Crippen molar-refractivity contribution in [2.24, 2.45) is 0 Å². The van der Waals surface area contributed by atoms with Crippen LogP contribution in [-0.2, 0) is 35.6 Å². The largest absolute Gasteiger partial charge is 0.502 e. The second kappa shape index (κ2) is 14.2. The molecule has 1 atom stereocenters. The van der Waals surface area contributed by atoms with Crippen molar-refractivity contribution in [2.75, 3.05) is 16.6 Å². The molecule has 0 aliphatic rings. The van der Waals surface area contributed by atoms with Crippen molar-refractivity contribution in [1.82, 2.24) is 15.3 Å². The molecule has 1 aromatic heterocycles. The monoisotopic (exact) mass is 614 g/mol. The normalized spacial score (nSPS) is 11.7. The summed E-state index contributed by atoms with van der Waals surface area (Å²) in [6.07, 6.45) is -0.723. The molecule has 0 radical (unpaired) electrons. The number of nitrogens with zero attached hydrogens (tertiary/aromatic N) is 3. The Bertz CT molecular complexity index is 1610. The maximum Gasteiger partial charge on any atom is 0.328 e. The van der Waals surface area contributed by atoms with Gasteiger partial charge in [0.05, 0.1) is 16.4 Å². The number of hydrogen-bond donors (Lipinski definition) is 4. The molecule has 0 saturated heterocycles. The van der Waals surface area contributed by atoms with E-state index in [1.54, 1.807) is 26.8 Å². The van der Waals surface area contributed by atoms with Crippen LogP contribution in [-0.4, -0.2) is 58.8 Å². The van der Waals surface area contributed by atoms with Gasteiger partial charge in [0, 0.05) is 42.4 Å². The average Bonchev–Trinajstić information content (AvgIpc) is 2.92. The summed E-state index contributed by atoms with van der Waals surface area (Å²) in [4.78, 5) is 55.8. The number of benzene rings is 2. The minimum absolute atomic E-state index is 0.0267. The zero-order valence-electron chi connectivity index (χ0n) is 23.5. The van der Waals surface area contributed by atoms with Crippen LogP contribution in [0.5, 0.6) is 5.75 Å². The first kappa shape index (κ1) is 32.4. The smallest absolute Gasteiger partial charge is 0.328 e. The minimum atomic E-state index is -3.99. The van der Waals surface area contributed by atoms with E-state index < -0.39 is 50.2 Å². The molecule has 4 N–H and O–H groups in total. The predicted octanol–water partition coefficient (Wildman–Crippen LogP) is 2.52. The number of nitrogens with one attached hydrogen (secondary N) is 3. The molecule has 2 amide bonds. The van der Waals surface area contributed by atoms with Gasteiger partial charge in [-0.3, -0.25) is 19.7 Å². The van der Waals surface area contributed by atoms with E-state index in [1.165, 1.54) is 30.3 Å². The van der Waals surface area contributed by atoms with Gasteiger partial charge in [0.1, 0.15) is 6.04 Å². The third kappa shape index (κ3) is 9.46. The lowest BCUT2D eigenvalue weighted by molar-refractivity contribution is -0.385. The zero-order valence-corrected chi connectivity index (χ0v) is 24.3. The first-order valence-electron chi connectivity index (χ1n) is 12.9. The number of aromatic nitrogens is 2. The van der Waals surface area contributed by atoms with Gasteiger partial charge in [-0.15, -0.1) is 0 Å². The van der Waals surface area contributed by atoms with Gasteiger partial charge >= 0.3 is 11.7 Å². The Hall–Kier alpha value is -5.12. The van der Waals surface area contributed by atoms with E-state index in [0.717, 1.165) is 12.1 Å². The first-order valence-corrected chi connectivity index (χ1v) is 14.4. The van der Waals surface area contributed by atoms with Gasteiger partial charge in [-0.05, 0) is 62.7 Å². The quantitative estimate of drug-likeness (QED) is 0.124. The second-order valence-corrected chi connectivity index (χ2v) is 11.0. The number of aromatic hydroxyl groups is 1. The van der Waals surface area contributed by atoms with E-state index in [1.807, 2.05) is 0 Å². The van der Waals surface area contributed by atoms with Crippen molar-refractivity contribution >= 4 is 45.1 Å². The number of amides is 2. The number of anilines is 2. The van der Waals surface area contributed by atoms with Crippen LogP contribution in [0.2, 0.25) is 0 Å². The predicted molar refractivity (Wildman–Crippen MR) is 154 cm³/mol. The van der Waals surface area contributed by atoms with Gasteiger partial charge in [0.2, 0.25) is 17.8 Å². The number of ether oxygens (including phenoxy) is 1. The number of aryl methyl sites for hydroxylation is 2. The van der Waals surface area contributed by atoms with Gasteiger partial charge < -0.3 is 20.5 Å². The van der Waals surface area contributed by atoms with Crippen molar-refractivity contribution in [3.05, 3.63) is 75.6 Å². The fourth-order valence-electron chi connectivity index (χ4n) is 3.90. The lowest BCUT2D eigenvalue weighted by Crippen LogP contribution is -2.43. The molecular formula is C27H30N6O9S. The fourth-order valence-corrected chi connectivity index (χ4v) is 4.84. The van der Waals surface area contributed by atoms with Gasteiger partial charge in [-0.25, -0.2) is 27.9 Å². The Morgan fingerprint density at radius 3 is 2.23 bits per heavy atom. The molecule has 0 unspecified atom stereocenters. The highest BCUT2D eigenvalue weighted by Gasteiger charge is 2.25. The average molecular weight is 615 g/mol. The van der Waals surface area contributed by atoms with Crippen molar-refractivity contribution in [3.8, 4) is 5.75 Å². The molecule has 1 heterocycles. The number of sulfonamides is 1. The van der Waals surface area contributed by atoms with Crippen LogP contribution in [0.15, 0.2) is 53.4 Å². The van der Waals surface area contributed by atoms with Crippen LogP contribution in [0.4, 0.5) is 17.3 Å². The summed E-state index contributed by atoms with van der Waals surface area (Å²) in [5.41, 5.74) is 1.21. The van der Waals surface area contributed by atoms with Crippen molar-refractivity contribution < 1.29 is 37.6 Å². The zero-order chi connectivity index (χ0) is 31.7. The summed E-state index contributed by atoms with van der Waals surface area (Å²) in [5.74, 6) is -2.58. The van der Waals surface area contributed by atoms with Crippen molar-refractivity contribution in [2.45, 2.75) is 51.0 Å². The third-order valence-electron chi connectivity index (χ3n) is 5.82. The molecule has 0 fully saturated rings. The van der Waals surface area contributed by atoms with E-state index in [2.05, 4.69) is 25.3 Å². The van der Waals surface area contributed by atoms with Gasteiger partial charge in [-0.1, -0.05) is 6.07 Å². The van der Waals surface area contributed by atoms with E-state index in [0.29, 0.717) is 17.0 Å². The molecule has 2 aromatic carbocycles. The Labute approximate surface area is 246 Å². The molecule has 15 nitrogen and oxygen atoms in total. The Kier molecular flexibility index (Phi) is 10.7. The third-order valence-corrected chi connectivity index (χ3v) is 7.16. The van der Waals surface area contributed by atoms with Crippen LogP contribution in [0.25, 0.3) is 0 Å². The molecule has 0 aliphatic carbocycles. The minimum Gasteiger partial charge on any atom is -0.502 e. The number of esters is 1. The molecule has 43 heavy (non-hydrogen) atoms. The Morgan fingerprint density at radius 1 is 1.00 bits per heavy atom. The number of hydrogen-bond acceptors (Lipinski definition) is 11. The van der Waals surface area contributed by atoms with E-state index in [9.17, 15) is 38.0 Å². The summed E-state index contributed by atoms with van der Waals surface area (Å²) in [6.45, 7) is 5.02. The number of nitro benzene ring substituents is 1. The Morgan fingerprint density at radius 2 is 1.63 bits per heavy atom. The van der Waals surface area contributed by atoms with Crippen LogP contribution in [0.1, 0.15) is 36.7 Å². The number of carbonyl (C=O) groups is 3.